The molecule has 2 aliphatic rings. The van der Waals surface area contributed by atoms with E-state index in [-0.39, 0.29) is 42.2 Å². The Morgan fingerprint density at radius 3 is 2.32 bits per heavy atom. The SMILES string of the molecule is CCOC1CC(N)(C(=O)N2CCN(Cc3nc(C)c(C)o3)CC2)C1(C)C.Cl.Cl. The van der Waals surface area contributed by atoms with Gasteiger partial charge in [-0.1, -0.05) is 13.8 Å². The first kappa shape index (κ1) is 25.2. The molecule has 1 aliphatic carbocycles. The van der Waals surface area contributed by atoms with Crippen molar-refractivity contribution in [3.8, 4) is 0 Å². The minimum atomic E-state index is -0.828. The van der Waals surface area contributed by atoms with Gasteiger partial charge in [-0.15, -0.1) is 24.8 Å². The van der Waals surface area contributed by atoms with Crippen molar-refractivity contribution in [2.45, 2.75) is 59.2 Å². The van der Waals surface area contributed by atoms with E-state index >= 15 is 0 Å². The smallest absolute Gasteiger partial charge is 0.243 e. The number of nitrogens with zero attached hydrogens (tertiary/aromatic N) is 3. The highest BCUT2D eigenvalue weighted by Gasteiger charge is 2.63. The molecule has 2 N–H and O–H groups in total. The van der Waals surface area contributed by atoms with Gasteiger partial charge in [0.1, 0.15) is 11.3 Å². The van der Waals surface area contributed by atoms with Crippen molar-refractivity contribution in [1.82, 2.24) is 14.8 Å². The molecular weight excluding hydrogens is 403 g/mol. The largest absolute Gasteiger partial charge is 0.444 e. The van der Waals surface area contributed by atoms with Gasteiger partial charge >= 0.3 is 0 Å². The summed E-state index contributed by atoms with van der Waals surface area (Å²) in [6.07, 6.45) is 0.654. The molecule has 1 aromatic rings. The second-order valence-corrected chi connectivity index (χ2v) is 8.16. The predicted octanol–water partition coefficient (Wildman–Crippen LogP) is 2.31. The van der Waals surface area contributed by atoms with Gasteiger partial charge in [0.25, 0.3) is 0 Å². The topological polar surface area (TPSA) is 84.8 Å². The lowest BCUT2D eigenvalue weighted by atomic mass is 9.54. The maximum absolute atomic E-state index is 13.1. The van der Waals surface area contributed by atoms with Crippen molar-refractivity contribution in [3.63, 3.8) is 0 Å². The van der Waals surface area contributed by atoms with Crippen LogP contribution in [-0.4, -0.2) is 65.1 Å². The Morgan fingerprint density at radius 1 is 1.25 bits per heavy atom. The van der Waals surface area contributed by atoms with Crippen molar-refractivity contribution in [3.05, 3.63) is 17.3 Å². The number of halogens is 2. The predicted molar refractivity (Wildman–Crippen MR) is 113 cm³/mol. The van der Waals surface area contributed by atoms with E-state index in [2.05, 4.69) is 9.88 Å². The molecule has 2 unspecified atom stereocenters. The molecule has 2 heterocycles. The van der Waals surface area contributed by atoms with E-state index in [0.717, 1.165) is 30.4 Å². The first-order valence-electron chi connectivity index (χ1n) is 9.54. The number of aryl methyl sites for hydroxylation is 2. The Labute approximate surface area is 180 Å². The van der Waals surface area contributed by atoms with E-state index in [0.29, 0.717) is 32.7 Å². The minimum absolute atomic E-state index is 0. The summed E-state index contributed by atoms with van der Waals surface area (Å²) in [6, 6.07) is 0. The second kappa shape index (κ2) is 9.30. The molecule has 2 fully saturated rings. The molecule has 1 aliphatic heterocycles. The molecule has 0 spiro atoms. The number of ether oxygens (including phenoxy) is 1. The van der Waals surface area contributed by atoms with Crippen LogP contribution in [0.4, 0.5) is 0 Å². The van der Waals surface area contributed by atoms with Crippen molar-refractivity contribution >= 4 is 30.7 Å². The Kier molecular flexibility index (Phi) is 8.37. The number of oxazole rings is 1. The van der Waals surface area contributed by atoms with E-state index in [1.165, 1.54) is 0 Å². The average Bonchev–Trinajstić information content (AvgIpc) is 2.92. The molecule has 1 amide bonds. The summed E-state index contributed by atoms with van der Waals surface area (Å²) in [4.78, 5) is 21.7. The zero-order chi connectivity index (χ0) is 19.1. The maximum Gasteiger partial charge on any atom is 0.243 e. The van der Waals surface area contributed by atoms with Crippen LogP contribution in [0.3, 0.4) is 0 Å². The Hall–Kier alpha value is -0.860. The number of amides is 1. The van der Waals surface area contributed by atoms with Crippen molar-refractivity contribution in [2.24, 2.45) is 11.1 Å². The lowest BCUT2D eigenvalue weighted by molar-refractivity contribution is -0.180. The molecule has 1 saturated heterocycles. The van der Waals surface area contributed by atoms with E-state index in [1.54, 1.807) is 0 Å². The summed E-state index contributed by atoms with van der Waals surface area (Å²) < 4.78 is 11.4. The summed E-state index contributed by atoms with van der Waals surface area (Å²) in [5.41, 5.74) is 6.31. The van der Waals surface area contributed by atoms with Crippen LogP contribution in [0.5, 0.6) is 0 Å². The zero-order valence-corrected chi connectivity index (χ0v) is 19.1. The number of carbonyl (C=O) groups excluding carboxylic acids is 1. The van der Waals surface area contributed by atoms with Crippen LogP contribution >= 0.6 is 24.8 Å². The maximum atomic E-state index is 13.1. The van der Waals surface area contributed by atoms with Gasteiger partial charge in [0.15, 0.2) is 0 Å². The number of nitrogens with two attached hydrogens (primary N) is 1. The van der Waals surface area contributed by atoms with Gasteiger partial charge in [-0.05, 0) is 20.8 Å². The molecular formula is C19H34Cl2N4O3. The number of piperazine rings is 1. The van der Waals surface area contributed by atoms with E-state index in [9.17, 15) is 4.79 Å². The fourth-order valence-electron chi connectivity index (χ4n) is 3.99. The van der Waals surface area contributed by atoms with Gasteiger partial charge in [0.05, 0.1) is 18.3 Å². The van der Waals surface area contributed by atoms with E-state index < -0.39 is 5.54 Å². The van der Waals surface area contributed by atoms with E-state index in [4.69, 9.17) is 14.9 Å². The van der Waals surface area contributed by atoms with Crippen molar-refractivity contribution in [1.29, 1.82) is 0 Å². The Bertz CT molecular complexity index is 655. The highest BCUT2D eigenvalue weighted by Crippen LogP contribution is 2.50. The van der Waals surface area contributed by atoms with Gasteiger partial charge in [0.2, 0.25) is 11.8 Å². The molecule has 0 bridgehead atoms. The molecule has 7 nitrogen and oxygen atoms in total. The third-order valence-corrected chi connectivity index (χ3v) is 6.30. The van der Waals surface area contributed by atoms with Crippen LogP contribution in [-0.2, 0) is 16.1 Å². The molecule has 0 radical (unpaired) electrons. The number of hydrogen-bond donors (Lipinski definition) is 1. The third kappa shape index (κ3) is 4.33. The molecule has 1 aromatic heterocycles. The fourth-order valence-corrected chi connectivity index (χ4v) is 3.99. The molecule has 162 valence electrons. The zero-order valence-electron chi connectivity index (χ0n) is 17.5. The van der Waals surface area contributed by atoms with Crippen molar-refractivity contribution < 1.29 is 13.9 Å². The molecule has 2 atom stereocenters. The monoisotopic (exact) mass is 436 g/mol. The Balaban J connectivity index is 0.00000196. The number of hydrogen-bond acceptors (Lipinski definition) is 6. The Morgan fingerprint density at radius 2 is 1.86 bits per heavy atom. The summed E-state index contributed by atoms with van der Waals surface area (Å²) >= 11 is 0. The van der Waals surface area contributed by atoms with Crippen LogP contribution in [0.15, 0.2) is 4.42 Å². The van der Waals surface area contributed by atoms with Gasteiger partial charge in [-0.25, -0.2) is 4.98 Å². The lowest BCUT2D eigenvalue weighted by Gasteiger charge is -2.59. The van der Waals surface area contributed by atoms with Crippen molar-refractivity contribution in [2.75, 3.05) is 32.8 Å². The van der Waals surface area contributed by atoms with Gasteiger partial charge < -0.3 is 19.8 Å². The van der Waals surface area contributed by atoms with Crippen LogP contribution < -0.4 is 5.73 Å². The first-order chi connectivity index (χ1) is 12.2. The highest BCUT2D eigenvalue weighted by atomic mass is 35.5. The first-order valence-corrected chi connectivity index (χ1v) is 9.54. The number of carbonyl (C=O) groups is 1. The molecule has 1 saturated carbocycles. The quantitative estimate of drug-likeness (QED) is 0.761. The fraction of sp³-hybridized carbons (Fsp3) is 0.789. The van der Waals surface area contributed by atoms with Gasteiger partial charge in [-0.3, -0.25) is 9.69 Å². The third-order valence-electron chi connectivity index (χ3n) is 6.30. The van der Waals surface area contributed by atoms with Gasteiger partial charge in [0, 0.05) is 44.6 Å². The van der Waals surface area contributed by atoms with Crippen LogP contribution in [0, 0.1) is 19.3 Å². The van der Waals surface area contributed by atoms with Crippen LogP contribution in [0.2, 0.25) is 0 Å². The van der Waals surface area contributed by atoms with Crippen LogP contribution in [0.1, 0.15) is 44.5 Å². The summed E-state index contributed by atoms with van der Waals surface area (Å²) in [7, 11) is 0. The number of aromatic nitrogens is 1. The minimum Gasteiger partial charge on any atom is -0.444 e. The van der Waals surface area contributed by atoms with Gasteiger partial charge in [-0.2, -0.15) is 0 Å². The lowest BCUT2D eigenvalue weighted by Crippen LogP contribution is -2.76. The van der Waals surface area contributed by atoms with Crippen LogP contribution in [0.25, 0.3) is 0 Å². The standard InChI is InChI=1S/C19H32N4O3.2ClH/c1-6-25-15-11-19(20,18(15,4)5)17(24)23-9-7-22(8-10-23)12-16-21-13(2)14(3)26-16;;/h15H,6-12,20H2,1-5H3;2*1H. The average molecular weight is 437 g/mol. The summed E-state index contributed by atoms with van der Waals surface area (Å²) in [6.45, 7) is 14.3. The second-order valence-electron chi connectivity index (χ2n) is 8.16. The molecule has 0 aromatic carbocycles. The molecule has 9 heteroatoms. The summed E-state index contributed by atoms with van der Waals surface area (Å²) in [5.74, 6) is 1.67. The normalized spacial score (nSPS) is 26.8. The van der Waals surface area contributed by atoms with E-state index in [1.807, 2.05) is 39.5 Å². The highest BCUT2D eigenvalue weighted by molar-refractivity contribution is 5.89. The molecule has 3 rings (SSSR count). The number of rotatable bonds is 5. The summed E-state index contributed by atoms with van der Waals surface area (Å²) in [5, 5.41) is 0. The molecule has 28 heavy (non-hydrogen) atoms.